The van der Waals surface area contributed by atoms with Crippen molar-refractivity contribution in [2.24, 2.45) is 0 Å². The summed E-state index contributed by atoms with van der Waals surface area (Å²) in [4.78, 5) is 6.09. The van der Waals surface area contributed by atoms with E-state index in [0.29, 0.717) is 31.0 Å². The van der Waals surface area contributed by atoms with E-state index in [0.717, 1.165) is 11.4 Å². The molecule has 0 atom stereocenters. The predicted molar refractivity (Wildman–Crippen MR) is 88.9 cm³/mol. The van der Waals surface area contributed by atoms with Gasteiger partial charge >= 0.3 is 0 Å². The lowest BCUT2D eigenvalue weighted by molar-refractivity contribution is 0.0745. The molecular formula is C18H16ClFN2O. The molecule has 0 amide bonds. The highest BCUT2D eigenvalue weighted by atomic mass is 35.5. The van der Waals surface area contributed by atoms with Crippen molar-refractivity contribution in [1.29, 1.82) is 0 Å². The maximum absolute atomic E-state index is 12.9. The number of anilines is 1. The predicted octanol–water partition coefficient (Wildman–Crippen LogP) is 3.26. The fourth-order valence-corrected chi connectivity index (χ4v) is 2.73. The van der Waals surface area contributed by atoms with Gasteiger partial charge in [0.1, 0.15) is 17.2 Å². The van der Waals surface area contributed by atoms with Crippen LogP contribution < -0.4 is 4.90 Å². The first-order chi connectivity index (χ1) is 11.0. The van der Waals surface area contributed by atoms with E-state index in [1.54, 1.807) is 18.2 Å². The Morgan fingerprint density at radius 2 is 2.00 bits per heavy atom. The maximum atomic E-state index is 12.9. The van der Waals surface area contributed by atoms with E-state index in [9.17, 15) is 9.50 Å². The van der Waals surface area contributed by atoms with Crippen molar-refractivity contribution in [2.45, 2.75) is 18.4 Å². The Kier molecular flexibility index (Phi) is 4.51. The second kappa shape index (κ2) is 6.57. The van der Waals surface area contributed by atoms with Gasteiger partial charge in [-0.05, 0) is 30.3 Å². The minimum atomic E-state index is -1.02. The van der Waals surface area contributed by atoms with Gasteiger partial charge in [-0.25, -0.2) is 9.37 Å². The number of rotatable bonds is 1. The summed E-state index contributed by atoms with van der Waals surface area (Å²) in [6.45, 7) is 1.25. The number of pyridine rings is 1. The van der Waals surface area contributed by atoms with Crippen LogP contribution in [-0.4, -0.2) is 28.8 Å². The fraction of sp³-hybridized carbons (Fsp3) is 0.278. The molecule has 23 heavy (non-hydrogen) atoms. The minimum absolute atomic E-state index is 0.352. The first-order valence-corrected chi connectivity index (χ1v) is 7.80. The smallest absolute Gasteiger partial charge is 0.141 e. The summed E-state index contributed by atoms with van der Waals surface area (Å²) in [6, 6.07) is 10.3. The largest absolute Gasteiger partial charge is 0.377 e. The van der Waals surface area contributed by atoms with Gasteiger partial charge in [-0.3, -0.25) is 0 Å². The summed E-state index contributed by atoms with van der Waals surface area (Å²) >= 11 is 5.93. The molecule has 3 nitrogen and oxygen atoms in total. The highest BCUT2D eigenvalue weighted by Gasteiger charge is 2.30. The third-order valence-corrected chi connectivity index (χ3v) is 4.13. The van der Waals surface area contributed by atoms with Crippen molar-refractivity contribution >= 4 is 17.4 Å². The lowest BCUT2D eigenvalue weighted by Gasteiger charge is -2.35. The molecule has 0 aliphatic carbocycles. The molecule has 5 heteroatoms. The van der Waals surface area contributed by atoms with E-state index in [1.165, 1.54) is 12.3 Å². The molecule has 1 aromatic heterocycles. The average molecular weight is 331 g/mol. The molecule has 0 spiro atoms. The standard InChI is InChI=1S/C18H16ClFN2O/c19-15-3-1-2-14(12-15)6-7-18(23)8-10-22(11-9-18)17-5-4-16(20)13-21-17/h1-5,12-13,23H,8-11H2. The second-order valence-electron chi connectivity index (χ2n) is 5.61. The van der Waals surface area contributed by atoms with Gasteiger partial charge in [0.15, 0.2) is 0 Å². The second-order valence-corrected chi connectivity index (χ2v) is 6.05. The van der Waals surface area contributed by atoms with Gasteiger partial charge in [-0.1, -0.05) is 29.5 Å². The molecule has 0 radical (unpaired) electrons. The topological polar surface area (TPSA) is 36.4 Å². The summed E-state index contributed by atoms with van der Waals surface area (Å²) in [5.41, 5.74) is -0.229. The Morgan fingerprint density at radius 1 is 1.22 bits per heavy atom. The van der Waals surface area contributed by atoms with Crippen LogP contribution in [0.1, 0.15) is 18.4 Å². The Labute approximate surface area is 139 Å². The Balaban J connectivity index is 1.67. The average Bonchev–Trinajstić information content (AvgIpc) is 2.55. The molecule has 1 saturated heterocycles. The molecule has 1 aliphatic rings. The van der Waals surface area contributed by atoms with Gasteiger partial charge in [0.25, 0.3) is 0 Å². The van der Waals surface area contributed by atoms with Crippen LogP contribution in [0.4, 0.5) is 10.2 Å². The summed E-state index contributed by atoms with van der Waals surface area (Å²) in [5, 5.41) is 11.2. The molecule has 1 aromatic carbocycles. The number of piperidine rings is 1. The Bertz CT molecular complexity index is 744. The summed E-state index contributed by atoms with van der Waals surface area (Å²) in [6.07, 6.45) is 2.23. The zero-order valence-corrected chi connectivity index (χ0v) is 13.2. The van der Waals surface area contributed by atoms with Crippen LogP contribution in [0, 0.1) is 17.7 Å². The van der Waals surface area contributed by atoms with Crippen LogP contribution >= 0.6 is 11.6 Å². The number of benzene rings is 1. The number of aromatic nitrogens is 1. The van der Waals surface area contributed by atoms with Crippen LogP contribution in [-0.2, 0) is 0 Å². The number of halogens is 2. The number of hydrogen-bond acceptors (Lipinski definition) is 3. The zero-order valence-electron chi connectivity index (χ0n) is 12.5. The zero-order chi connectivity index (χ0) is 16.3. The van der Waals surface area contributed by atoms with E-state index < -0.39 is 5.60 Å². The molecular weight excluding hydrogens is 315 g/mol. The molecule has 118 valence electrons. The van der Waals surface area contributed by atoms with E-state index in [4.69, 9.17) is 11.6 Å². The van der Waals surface area contributed by atoms with Crippen LogP contribution in [0.25, 0.3) is 0 Å². The third-order valence-electron chi connectivity index (χ3n) is 3.89. The highest BCUT2D eigenvalue weighted by Crippen LogP contribution is 2.25. The molecule has 0 saturated carbocycles. The number of aliphatic hydroxyl groups is 1. The van der Waals surface area contributed by atoms with Gasteiger partial charge in [0.05, 0.1) is 6.20 Å². The van der Waals surface area contributed by atoms with Crippen LogP contribution in [0.15, 0.2) is 42.6 Å². The summed E-state index contributed by atoms with van der Waals surface area (Å²) in [7, 11) is 0. The quantitative estimate of drug-likeness (QED) is 0.815. The van der Waals surface area contributed by atoms with Crippen molar-refractivity contribution in [3.63, 3.8) is 0 Å². The number of nitrogens with zero attached hydrogens (tertiary/aromatic N) is 2. The van der Waals surface area contributed by atoms with Crippen molar-refractivity contribution in [1.82, 2.24) is 4.98 Å². The van der Waals surface area contributed by atoms with Gasteiger partial charge in [0.2, 0.25) is 0 Å². The Morgan fingerprint density at radius 3 is 2.65 bits per heavy atom. The van der Waals surface area contributed by atoms with E-state index >= 15 is 0 Å². The van der Waals surface area contributed by atoms with E-state index in [2.05, 4.69) is 16.8 Å². The molecule has 2 aromatic rings. The monoisotopic (exact) mass is 330 g/mol. The summed E-state index contributed by atoms with van der Waals surface area (Å²) < 4.78 is 12.9. The molecule has 1 aliphatic heterocycles. The van der Waals surface area contributed by atoms with Gasteiger partial charge in [-0.15, -0.1) is 0 Å². The maximum Gasteiger partial charge on any atom is 0.141 e. The van der Waals surface area contributed by atoms with Gasteiger partial charge in [-0.2, -0.15) is 0 Å². The first kappa shape index (κ1) is 15.8. The molecule has 1 N–H and O–H groups in total. The van der Waals surface area contributed by atoms with Gasteiger partial charge < -0.3 is 10.0 Å². The molecule has 0 unspecified atom stereocenters. The van der Waals surface area contributed by atoms with Crippen molar-refractivity contribution in [2.75, 3.05) is 18.0 Å². The summed E-state index contributed by atoms with van der Waals surface area (Å²) in [5.74, 6) is 6.32. The lowest BCUT2D eigenvalue weighted by Crippen LogP contribution is -2.43. The van der Waals surface area contributed by atoms with Crippen molar-refractivity contribution < 1.29 is 9.50 Å². The van der Waals surface area contributed by atoms with Crippen molar-refractivity contribution in [3.8, 4) is 11.8 Å². The van der Waals surface area contributed by atoms with Crippen LogP contribution in [0.3, 0.4) is 0 Å². The molecule has 1 fully saturated rings. The minimum Gasteiger partial charge on any atom is -0.377 e. The number of hydrogen-bond donors (Lipinski definition) is 1. The SMILES string of the molecule is OC1(C#Cc2cccc(Cl)c2)CCN(c2ccc(F)cn2)CC1. The molecule has 3 rings (SSSR count). The normalized spacial score (nSPS) is 16.6. The first-order valence-electron chi connectivity index (χ1n) is 7.42. The molecule has 0 bridgehead atoms. The molecule has 2 heterocycles. The lowest BCUT2D eigenvalue weighted by atomic mass is 9.91. The van der Waals surface area contributed by atoms with E-state index in [1.807, 2.05) is 17.0 Å². The van der Waals surface area contributed by atoms with Crippen LogP contribution in [0.2, 0.25) is 5.02 Å². The van der Waals surface area contributed by atoms with Gasteiger partial charge in [0, 0.05) is 36.5 Å². The highest BCUT2D eigenvalue weighted by molar-refractivity contribution is 6.30. The van der Waals surface area contributed by atoms with E-state index in [-0.39, 0.29) is 5.82 Å². The Hall–Kier alpha value is -2.09. The third kappa shape index (κ3) is 4.01. The van der Waals surface area contributed by atoms with Crippen LogP contribution in [0.5, 0.6) is 0 Å². The van der Waals surface area contributed by atoms with Crippen molar-refractivity contribution in [3.05, 3.63) is 59.0 Å². The fourth-order valence-electron chi connectivity index (χ4n) is 2.54.